The van der Waals surface area contributed by atoms with Gasteiger partial charge in [0.05, 0.1) is 18.7 Å². The van der Waals surface area contributed by atoms with E-state index in [0.717, 1.165) is 6.42 Å². The highest BCUT2D eigenvalue weighted by Crippen LogP contribution is 2.28. The van der Waals surface area contributed by atoms with Crippen molar-refractivity contribution in [3.63, 3.8) is 0 Å². The number of amides is 4. The van der Waals surface area contributed by atoms with Gasteiger partial charge >= 0.3 is 12.1 Å². The van der Waals surface area contributed by atoms with Gasteiger partial charge in [0.25, 0.3) is 5.91 Å². The fourth-order valence-corrected chi connectivity index (χ4v) is 3.46. The fourth-order valence-electron chi connectivity index (χ4n) is 3.46. The Hall–Kier alpha value is -2.07. The number of nitrogens with one attached hydrogen (secondary N) is 1. The predicted octanol–water partition coefficient (Wildman–Crippen LogP) is -0.166. The number of carbonyl (C=O) groups is 3. The van der Waals surface area contributed by atoms with Crippen LogP contribution in [0, 0.1) is 0 Å². The maximum Gasteiger partial charge on any atom is 0.407 e. The molecule has 3 saturated heterocycles. The minimum Gasteiger partial charge on any atom is -0.465 e. The van der Waals surface area contributed by atoms with Crippen molar-refractivity contribution in [3.8, 4) is 0 Å². The summed E-state index contributed by atoms with van der Waals surface area (Å²) in [5, 5.41) is 19.3. The quantitative estimate of drug-likeness (QED) is 0.486. The Labute approximate surface area is 132 Å². The van der Waals surface area contributed by atoms with Crippen molar-refractivity contribution in [1.82, 2.24) is 20.3 Å². The van der Waals surface area contributed by atoms with Crippen LogP contribution in [0.4, 0.5) is 9.59 Å². The van der Waals surface area contributed by atoms with E-state index >= 15 is 0 Å². The standard InChI is InChI=1S/C13H20N4O6/c18-11(10-4-3-8-6-16(10)12(19)17(8)22)14-23-7-9-2-1-5-15(9)13(20)21/h8-10,22H,1-7H2,(H,14,18)(H,20,21)/t8-,9-,10+/m1/s1. The monoisotopic (exact) mass is 328 g/mol. The molecule has 0 spiro atoms. The molecular formula is C13H20N4O6. The van der Waals surface area contributed by atoms with Crippen LogP contribution < -0.4 is 5.48 Å². The predicted molar refractivity (Wildman–Crippen MR) is 74.4 cm³/mol. The molecule has 0 aromatic heterocycles. The Morgan fingerprint density at radius 2 is 2.09 bits per heavy atom. The lowest BCUT2D eigenvalue weighted by Gasteiger charge is -2.29. The summed E-state index contributed by atoms with van der Waals surface area (Å²) in [7, 11) is 0. The minimum absolute atomic E-state index is 0.0768. The van der Waals surface area contributed by atoms with Crippen molar-refractivity contribution in [2.75, 3.05) is 19.7 Å². The highest BCUT2D eigenvalue weighted by molar-refractivity contribution is 5.87. The van der Waals surface area contributed by atoms with E-state index in [1.54, 1.807) is 0 Å². The van der Waals surface area contributed by atoms with Gasteiger partial charge in [-0.25, -0.2) is 20.1 Å². The van der Waals surface area contributed by atoms with Crippen LogP contribution in [-0.4, -0.2) is 81.0 Å². The number of urea groups is 1. The van der Waals surface area contributed by atoms with E-state index in [-0.39, 0.29) is 18.7 Å². The molecule has 3 rings (SSSR count). The van der Waals surface area contributed by atoms with Crippen LogP contribution in [0.5, 0.6) is 0 Å². The maximum absolute atomic E-state index is 12.2. The summed E-state index contributed by atoms with van der Waals surface area (Å²) >= 11 is 0. The molecule has 0 aromatic rings. The third-order valence-electron chi connectivity index (χ3n) is 4.72. The van der Waals surface area contributed by atoms with Crippen molar-refractivity contribution in [3.05, 3.63) is 0 Å². The smallest absolute Gasteiger partial charge is 0.407 e. The zero-order chi connectivity index (χ0) is 16.6. The highest BCUT2D eigenvalue weighted by atomic mass is 16.7. The number of likely N-dealkylation sites (tertiary alicyclic amines) is 1. The first-order chi connectivity index (χ1) is 11.0. The Bertz CT molecular complexity index is 515. The Morgan fingerprint density at radius 1 is 1.30 bits per heavy atom. The molecule has 23 heavy (non-hydrogen) atoms. The molecule has 0 radical (unpaired) electrons. The van der Waals surface area contributed by atoms with Crippen molar-refractivity contribution < 1.29 is 29.5 Å². The highest BCUT2D eigenvalue weighted by Gasteiger charge is 2.46. The molecule has 0 unspecified atom stereocenters. The summed E-state index contributed by atoms with van der Waals surface area (Å²) in [4.78, 5) is 42.8. The van der Waals surface area contributed by atoms with Crippen molar-refractivity contribution in [2.45, 2.75) is 43.8 Å². The Morgan fingerprint density at radius 3 is 2.83 bits per heavy atom. The SMILES string of the molecule is O=C(NOC[C@H]1CCCN1C(=O)O)[C@@H]1CC[C@@H]2CN1C(=O)N2O. The zero-order valence-electron chi connectivity index (χ0n) is 12.6. The van der Waals surface area contributed by atoms with Crippen molar-refractivity contribution >= 4 is 18.0 Å². The van der Waals surface area contributed by atoms with E-state index in [1.165, 1.54) is 9.80 Å². The molecule has 3 aliphatic heterocycles. The van der Waals surface area contributed by atoms with Crippen LogP contribution >= 0.6 is 0 Å². The number of nitrogens with zero attached hydrogens (tertiary/aromatic N) is 3. The summed E-state index contributed by atoms with van der Waals surface area (Å²) < 4.78 is 0. The van der Waals surface area contributed by atoms with Crippen LogP contribution in [0.1, 0.15) is 25.7 Å². The fraction of sp³-hybridized carbons (Fsp3) is 0.769. The number of carboxylic acid groups (broad SMARTS) is 1. The molecule has 128 valence electrons. The van der Waals surface area contributed by atoms with Crippen molar-refractivity contribution in [2.24, 2.45) is 0 Å². The lowest BCUT2D eigenvalue weighted by molar-refractivity contribution is -0.139. The number of hydroxylamine groups is 3. The van der Waals surface area contributed by atoms with Crippen molar-refractivity contribution in [1.29, 1.82) is 0 Å². The topological polar surface area (TPSA) is 123 Å². The molecule has 3 heterocycles. The van der Waals surface area contributed by atoms with E-state index in [2.05, 4.69) is 5.48 Å². The summed E-state index contributed by atoms with van der Waals surface area (Å²) in [6.07, 6.45) is 1.47. The third kappa shape index (κ3) is 2.91. The molecule has 0 aliphatic carbocycles. The number of rotatable bonds is 4. The van der Waals surface area contributed by atoms with Gasteiger partial charge in [0, 0.05) is 13.1 Å². The molecule has 10 heteroatoms. The Kier molecular flexibility index (Phi) is 4.26. The second-order valence-corrected chi connectivity index (χ2v) is 6.08. The van der Waals surface area contributed by atoms with E-state index < -0.39 is 24.1 Å². The van der Waals surface area contributed by atoms with Gasteiger partial charge in [0.2, 0.25) is 0 Å². The first-order valence-corrected chi connectivity index (χ1v) is 7.69. The van der Waals surface area contributed by atoms with Gasteiger partial charge in [0.1, 0.15) is 6.04 Å². The molecule has 0 aromatic carbocycles. The molecule has 3 N–H and O–H groups in total. The number of fused-ring (bicyclic) bond motifs is 2. The number of piperidine rings is 1. The molecule has 3 atom stereocenters. The van der Waals surface area contributed by atoms with Gasteiger partial charge in [-0.2, -0.15) is 0 Å². The normalized spacial score (nSPS) is 30.0. The maximum atomic E-state index is 12.2. The van der Waals surface area contributed by atoms with Gasteiger partial charge in [0.15, 0.2) is 0 Å². The summed E-state index contributed by atoms with van der Waals surface area (Å²) in [6, 6.07) is -1.77. The van der Waals surface area contributed by atoms with Gasteiger partial charge in [-0.1, -0.05) is 0 Å². The van der Waals surface area contributed by atoms with E-state index in [4.69, 9.17) is 9.94 Å². The molecule has 10 nitrogen and oxygen atoms in total. The van der Waals surface area contributed by atoms with Gasteiger partial charge in [-0.05, 0) is 25.7 Å². The third-order valence-corrected chi connectivity index (χ3v) is 4.72. The molecule has 3 fully saturated rings. The Balaban J connectivity index is 1.48. The molecular weight excluding hydrogens is 308 g/mol. The van der Waals surface area contributed by atoms with Crippen LogP contribution in [0.3, 0.4) is 0 Å². The van der Waals surface area contributed by atoms with E-state index in [1.807, 2.05) is 0 Å². The van der Waals surface area contributed by atoms with Gasteiger partial charge in [-0.3, -0.25) is 14.8 Å². The van der Waals surface area contributed by atoms with Crippen LogP contribution in [0.25, 0.3) is 0 Å². The lowest BCUT2D eigenvalue weighted by atomic mass is 10.0. The van der Waals surface area contributed by atoms with E-state index in [9.17, 15) is 19.6 Å². The lowest BCUT2D eigenvalue weighted by Crippen LogP contribution is -2.50. The van der Waals surface area contributed by atoms with Gasteiger partial charge < -0.3 is 14.9 Å². The zero-order valence-corrected chi connectivity index (χ0v) is 12.6. The van der Waals surface area contributed by atoms with Crippen LogP contribution in [0.15, 0.2) is 0 Å². The van der Waals surface area contributed by atoms with Crippen LogP contribution in [0.2, 0.25) is 0 Å². The summed E-state index contributed by atoms with van der Waals surface area (Å²) in [5.74, 6) is -0.452. The first kappa shape index (κ1) is 15.8. The second-order valence-electron chi connectivity index (χ2n) is 6.08. The molecule has 2 bridgehead atoms. The number of carbonyl (C=O) groups excluding carboxylic acids is 2. The average Bonchev–Trinajstić information content (AvgIpc) is 3.08. The molecule has 3 aliphatic rings. The molecule has 4 amide bonds. The summed E-state index contributed by atoms with van der Waals surface area (Å²) in [6.45, 7) is 0.867. The largest absolute Gasteiger partial charge is 0.465 e. The first-order valence-electron chi connectivity index (χ1n) is 7.69. The molecule has 0 saturated carbocycles. The number of hydrogen-bond acceptors (Lipinski definition) is 5. The number of hydrogen-bond donors (Lipinski definition) is 3. The second kappa shape index (κ2) is 6.20. The summed E-state index contributed by atoms with van der Waals surface area (Å²) in [5.41, 5.74) is 2.30. The van der Waals surface area contributed by atoms with Crippen LogP contribution in [-0.2, 0) is 9.63 Å². The van der Waals surface area contributed by atoms with E-state index in [0.29, 0.717) is 37.4 Å². The average molecular weight is 328 g/mol. The van der Waals surface area contributed by atoms with Gasteiger partial charge in [-0.15, -0.1) is 0 Å². The minimum atomic E-state index is -0.994.